The third-order valence-electron chi connectivity index (χ3n) is 2.82. The Labute approximate surface area is 159 Å². The van der Waals surface area contributed by atoms with Crippen LogP contribution < -0.4 is 5.32 Å². The normalized spacial score (nSPS) is 10.5. The van der Waals surface area contributed by atoms with Gasteiger partial charge in [-0.2, -0.15) is 0 Å². The second-order valence-electron chi connectivity index (χ2n) is 4.82. The van der Waals surface area contributed by atoms with Crippen molar-refractivity contribution in [3.05, 3.63) is 29.8 Å². The molecule has 1 heterocycles. The molecule has 1 aromatic carbocycles. The minimum absolute atomic E-state index is 0.133. The van der Waals surface area contributed by atoms with E-state index in [4.69, 9.17) is 4.74 Å². The quantitative estimate of drug-likeness (QED) is 0.507. The molecule has 0 bridgehead atoms. The van der Waals surface area contributed by atoms with E-state index in [-0.39, 0.29) is 17.6 Å². The molecular weight excluding hydrogens is 378 g/mol. The lowest BCUT2D eigenvalue weighted by molar-refractivity contribution is -0.113. The smallest absolute Gasteiger partial charge is 0.338 e. The highest BCUT2D eigenvalue weighted by Crippen LogP contribution is 2.28. The van der Waals surface area contributed by atoms with E-state index in [1.165, 1.54) is 23.1 Å². The number of hydrogen-bond acceptors (Lipinski definition) is 8. The Hall–Kier alpha value is -1.58. The first kappa shape index (κ1) is 19.7. The highest BCUT2D eigenvalue weighted by atomic mass is 32.2. The molecule has 0 spiro atoms. The zero-order valence-electron chi connectivity index (χ0n) is 14.0. The van der Waals surface area contributed by atoms with Crippen molar-refractivity contribution in [2.24, 2.45) is 0 Å². The summed E-state index contributed by atoms with van der Waals surface area (Å²) in [5, 5.41) is 10.9. The van der Waals surface area contributed by atoms with Crippen molar-refractivity contribution < 1.29 is 14.3 Å². The zero-order valence-corrected chi connectivity index (χ0v) is 16.4. The van der Waals surface area contributed by atoms with Gasteiger partial charge in [-0.15, -0.1) is 10.2 Å². The number of carbonyl (C=O) groups excluding carboxylic acids is 2. The number of rotatable bonds is 9. The van der Waals surface area contributed by atoms with Crippen LogP contribution in [0.2, 0.25) is 0 Å². The molecule has 0 saturated carbocycles. The summed E-state index contributed by atoms with van der Waals surface area (Å²) in [4.78, 5) is 23.7. The second-order valence-corrected chi connectivity index (χ2v) is 8.53. The lowest BCUT2D eigenvalue weighted by atomic mass is 10.2. The molecule has 0 saturated heterocycles. The Bertz CT molecular complexity index is 704. The molecule has 2 rings (SSSR count). The fraction of sp³-hybridized carbons (Fsp3) is 0.375. The maximum absolute atomic E-state index is 12.0. The van der Waals surface area contributed by atoms with E-state index in [2.05, 4.69) is 22.4 Å². The topological polar surface area (TPSA) is 81.2 Å². The average Bonchev–Trinajstić information content (AvgIpc) is 3.06. The zero-order chi connectivity index (χ0) is 18.1. The van der Waals surface area contributed by atoms with Gasteiger partial charge in [-0.1, -0.05) is 48.7 Å². The Kier molecular flexibility index (Phi) is 8.23. The van der Waals surface area contributed by atoms with E-state index in [1.54, 1.807) is 36.0 Å². The van der Waals surface area contributed by atoms with E-state index < -0.39 is 0 Å². The molecule has 0 aliphatic carbocycles. The molecule has 9 heteroatoms. The molecule has 134 valence electrons. The summed E-state index contributed by atoms with van der Waals surface area (Å²) in [6, 6.07) is 6.65. The van der Waals surface area contributed by atoms with E-state index in [0.29, 0.717) is 17.9 Å². The van der Waals surface area contributed by atoms with Crippen LogP contribution in [0.3, 0.4) is 0 Å². The van der Waals surface area contributed by atoms with Gasteiger partial charge in [0.05, 0.1) is 17.9 Å². The van der Waals surface area contributed by atoms with Crippen molar-refractivity contribution >= 4 is 52.4 Å². The highest BCUT2D eigenvalue weighted by molar-refractivity contribution is 8.03. The molecular formula is C16H19N3O3S3. The van der Waals surface area contributed by atoms with Crippen molar-refractivity contribution in [2.45, 2.75) is 28.9 Å². The standard InChI is InChI=1S/C16H19N3O3S3/c1-3-9-22-14(21)11-5-7-12(8-6-11)17-13(20)10-24-16-19-18-15(25-16)23-4-2/h5-8H,3-4,9-10H2,1-2H3,(H,17,20). The number of hydrogen-bond donors (Lipinski definition) is 1. The number of amides is 1. The van der Waals surface area contributed by atoms with Gasteiger partial charge in [0.25, 0.3) is 0 Å². The van der Waals surface area contributed by atoms with Crippen LogP contribution in [-0.4, -0.2) is 40.2 Å². The maximum Gasteiger partial charge on any atom is 0.338 e. The second kappa shape index (κ2) is 10.4. The first-order valence-corrected chi connectivity index (χ1v) is 10.6. The SMILES string of the molecule is CCCOC(=O)c1ccc(NC(=O)CSc2nnc(SCC)s2)cc1. The minimum Gasteiger partial charge on any atom is -0.462 e. The predicted molar refractivity (Wildman–Crippen MR) is 103 cm³/mol. The Morgan fingerprint density at radius 3 is 2.44 bits per heavy atom. The van der Waals surface area contributed by atoms with Gasteiger partial charge in [-0.25, -0.2) is 4.79 Å². The van der Waals surface area contributed by atoms with Crippen LogP contribution in [0, 0.1) is 0 Å². The molecule has 0 unspecified atom stereocenters. The van der Waals surface area contributed by atoms with Gasteiger partial charge in [0, 0.05) is 5.69 Å². The number of esters is 1. The van der Waals surface area contributed by atoms with Gasteiger partial charge in [0.1, 0.15) is 0 Å². The fourth-order valence-corrected chi connectivity index (χ4v) is 4.45. The molecule has 0 aliphatic heterocycles. The number of aromatic nitrogens is 2. The van der Waals surface area contributed by atoms with Gasteiger partial charge >= 0.3 is 5.97 Å². The van der Waals surface area contributed by atoms with E-state index >= 15 is 0 Å². The molecule has 0 radical (unpaired) electrons. The minimum atomic E-state index is -0.354. The molecule has 0 atom stereocenters. The Balaban J connectivity index is 1.80. The van der Waals surface area contributed by atoms with Crippen molar-refractivity contribution in [3.63, 3.8) is 0 Å². The summed E-state index contributed by atoms with van der Waals surface area (Å²) in [6.45, 7) is 4.40. The number of carbonyl (C=O) groups is 2. The van der Waals surface area contributed by atoms with Crippen LogP contribution >= 0.6 is 34.9 Å². The largest absolute Gasteiger partial charge is 0.462 e. The first-order chi connectivity index (χ1) is 12.1. The van der Waals surface area contributed by atoms with Crippen molar-refractivity contribution in [1.29, 1.82) is 0 Å². The first-order valence-electron chi connectivity index (χ1n) is 7.78. The summed E-state index contributed by atoms with van der Waals surface area (Å²) in [7, 11) is 0. The van der Waals surface area contributed by atoms with Crippen LogP contribution in [0.4, 0.5) is 5.69 Å². The summed E-state index contributed by atoms with van der Waals surface area (Å²) < 4.78 is 6.75. The third kappa shape index (κ3) is 6.68. The molecule has 6 nitrogen and oxygen atoms in total. The average molecular weight is 398 g/mol. The molecule has 1 N–H and O–H groups in total. The molecule has 0 fully saturated rings. The summed E-state index contributed by atoms with van der Waals surface area (Å²) >= 11 is 4.48. The van der Waals surface area contributed by atoms with Crippen LogP contribution in [0.5, 0.6) is 0 Å². The monoisotopic (exact) mass is 397 g/mol. The van der Waals surface area contributed by atoms with Crippen LogP contribution in [0.15, 0.2) is 32.9 Å². The number of anilines is 1. The Morgan fingerprint density at radius 2 is 1.80 bits per heavy atom. The molecule has 1 aromatic heterocycles. The van der Waals surface area contributed by atoms with Crippen LogP contribution in [0.25, 0.3) is 0 Å². The Morgan fingerprint density at radius 1 is 1.12 bits per heavy atom. The molecule has 1 amide bonds. The van der Waals surface area contributed by atoms with E-state index in [0.717, 1.165) is 20.9 Å². The third-order valence-corrected chi connectivity index (χ3v) is 5.90. The predicted octanol–water partition coefficient (Wildman–Crippen LogP) is 3.95. The maximum atomic E-state index is 12.0. The number of thioether (sulfide) groups is 2. The summed E-state index contributed by atoms with van der Waals surface area (Å²) in [5.74, 6) is 0.714. The van der Waals surface area contributed by atoms with Crippen LogP contribution in [0.1, 0.15) is 30.6 Å². The number of ether oxygens (including phenoxy) is 1. The van der Waals surface area contributed by atoms with Crippen molar-refractivity contribution in [1.82, 2.24) is 10.2 Å². The van der Waals surface area contributed by atoms with Gasteiger partial charge in [-0.05, 0) is 36.4 Å². The van der Waals surface area contributed by atoms with Crippen LogP contribution in [-0.2, 0) is 9.53 Å². The number of nitrogens with zero attached hydrogens (tertiary/aromatic N) is 2. The number of benzene rings is 1. The molecule has 0 aliphatic rings. The summed E-state index contributed by atoms with van der Waals surface area (Å²) in [5.41, 5.74) is 1.10. The van der Waals surface area contributed by atoms with Gasteiger partial charge in [-0.3, -0.25) is 4.79 Å². The van der Waals surface area contributed by atoms with E-state index in [9.17, 15) is 9.59 Å². The fourth-order valence-electron chi connectivity index (χ4n) is 1.73. The van der Waals surface area contributed by atoms with Crippen molar-refractivity contribution in [2.75, 3.05) is 23.4 Å². The van der Waals surface area contributed by atoms with Gasteiger partial charge < -0.3 is 10.1 Å². The van der Waals surface area contributed by atoms with Crippen molar-refractivity contribution in [3.8, 4) is 0 Å². The lowest BCUT2D eigenvalue weighted by Gasteiger charge is -2.06. The van der Waals surface area contributed by atoms with Gasteiger partial charge in [0.15, 0.2) is 8.68 Å². The van der Waals surface area contributed by atoms with E-state index in [1.807, 2.05) is 6.92 Å². The number of nitrogens with one attached hydrogen (secondary N) is 1. The summed E-state index contributed by atoms with van der Waals surface area (Å²) in [6.07, 6.45) is 0.783. The highest BCUT2D eigenvalue weighted by Gasteiger charge is 2.10. The van der Waals surface area contributed by atoms with Gasteiger partial charge in [0.2, 0.25) is 5.91 Å². The molecule has 25 heavy (non-hydrogen) atoms. The lowest BCUT2D eigenvalue weighted by Crippen LogP contribution is -2.14. The molecule has 2 aromatic rings.